The Labute approximate surface area is 203 Å². The highest BCUT2D eigenvalue weighted by Crippen LogP contribution is 2.29. The van der Waals surface area contributed by atoms with Crippen LogP contribution in [0, 0.1) is 18.8 Å². The lowest BCUT2D eigenvalue weighted by atomic mass is 9.81. The van der Waals surface area contributed by atoms with Gasteiger partial charge in [0.1, 0.15) is 6.04 Å². The minimum absolute atomic E-state index is 0.102. The largest absolute Gasteiger partial charge is 0.379 e. The summed E-state index contributed by atoms with van der Waals surface area (Å²) < 4.78 is 33.0. The molecule has 0 aromatic heterocycles. The molecule has 2 amide bonds. The fourth-order valence-electron chi connectivity index (χ4n) is 4.37. The third-order valence-corrected chi connectivity index (χ3v) is 8.13. The van der Waals surface area contributed by atoms with Gasteiger partial charge in [0.25, 0.3) is 0 Å². The molecule has 0 radical (unpaired) electrons. The standard InChI is InChI=1S/C24H38N4O5S/c1-18-3-9-22(10-4-18)34(31,32)26-17-20-5-7-21(8-6-20)24(30)27-19(2)23(29)25-11-12-28-13-15-33-16-14-28/h3-4,9-10,19-21,26H,5-8,11-17H2,1-2H3,(H,25,29)(H,27,30). The van der Waals surface area contributed by atoms with Gasteiger partial charge in [-0.15, -0.1) is 0 Å². The zero-order chi connectivity index (χ0) is 24.6. The van der Waals surface area contributed by atoms with E-state index in [4.69, 9.17) is 4.74 Å². The van der Waals surface area contributed by atoms with Crippen molar-refractivity contribution in [3.8, 4) is 0 Å². The molecule has 9 nitrogen and oxygen atoms in total. The van der Waals surface area contributed by atoms with Crippen LogP contribution in [0.5, 0.6) is 0 Å². The van der Waals surface area contributed by atoms with Gasteiger partial charge in [-0.2, -0.15) is 0 Å². The van der Waals surface area contributed by atoms with Crippen molar-refractivity contribution in [1.29, 1.82) is 0 Å². The van der Waals surface area contributed by atoms with Gasteiger partial charge in [0.2, 0.25) is 21.8 Å². The number of carbonyl (C=O) groups excluding carboxylic acids is 2. The molecule has 1 heterocycles. The van der Waals surface area contributed by atoms with E-state index in [-0.39, 0.29) is 28.5 Å². The number of hydrogen-bond acceptors (Lipinski definition) is 6. The number of ether oxygens (including phenoxy) is 1. The normalized spacial score (nSPS) is 22.6. The average molecular weight is 495 g/mol. The second kappa shape index (κ2) is 12.6. The molecule has 1 aromatic rings. The number of sulfonamides is 1. The van der Waals surface area contributed by atoms with E-state index in [0.717, 1.165) is 51.3 Å². The van der Waals surface area contributed by atoms with Crippen molar-refractivity contribution >= 4 is 21.8 Å². The predicted molar refractivity (Wildman–Crippen MR) is 130 cm³/mol. The molecule has 0 bridgehead atoms. The summed E-state index contributed by atoms with van der Waals surface area (Å²) in [5, 5.41) is 5.73. The lowest BCUT2D eigenvalue weighted by Crippen LogP contribution is -2.49. The summed E-state index contributed by atoms with van der Waals surface area (Å²) in [7, 11) is -3.53. The average Bonchev–Trinajstić information content (AvgIpc) is 2.84. The van der Waals surface area contributed by atoms with Gasteiger partial charge in [0.15, 0.2) is 0 Å². The summed E-state index contributed by atoms with van der Waals surface area (Å²) in [6.45, 7) is 8.49. The Morgan fingerprint density at radius 2 is 1.74 bits per heavy atom. The van der Waals surface area contributed by atoms with E-state index in [1.165, 1.54) is 0 Å². The van der Waals surface area contributed by atoms with Crippen molar-refractivity contribution in [3.05, 3.63) is 29.8 Å². The third kappa shape index (κ3) is 8.04. The molecule has 1 aliphatic carbocycles. The lowest BCUT2D eigenvalue weighted by Gasteiger charge is -2.29. The van der Waals surface area contributed by atoms with Crippen LogP contribution >= 0.6 is 0 Å². The van der Waals surface area contributed by atoms with Gasteiger partial charge in [0, 0.05) is 38.6 Å². The van der Waals surface area contributed by atoms with Crippen molar-refractivity contribution in [3.63, 3.8) is 0 Å². The van der Waals surface area contributed by atoms with E-state index < -0.39 is 16.1 Å². The SMILES string of the molecule is Cc1ccc(S(=O)(=O)NCC2CCC(C(=O)NC(C)C(=O)NCCN3CCOCC3)CC2)cc1. The van der Waals surface area contributed by atoms with E-state index in [0.29, 0.717) is 25.9 Å². The number of carbonyl (C=O) groups is 2. The Morgan fingerprint density at radius 1 is 1.09 bits per heavy atom. The van der Waals surface area contributed by atoms with E-state index in [1.807, 2.05) is 6.92 Å². The first-order valence-corrected chi connectivity index (χ1v) is 13.7. The topological polar surface area (TPSA) is 117 Å². The molecular weight excluding hydrogens is 456 g/mol. The first-order valence-electron chi connectivity index (χ1n) is 12.2. The first kappa shape index (κ1) is 26.6. The number of benzene rings is 1. The number of hydrogen-bond donors (Lipinski definition) is 3. The number of aryl methyl sites for hydroxylation is 1. The molecule has 0 spiro atoms. The lowest BCUT2D eigenvalue weighted by molar-refractivity contribution is -0.131. The summed E-state index contributed by atoms with van der Waals surface area (Å²) in [5.74, 6) is -0.228. The molecule has 1 unspecified atom stereocenters. The van der Waals surface area contributed by atoms with Gasteiger partial charge in [-0.05, 0) is 57.6 Å². The Balaban J connectivity index is 1.34. The Bertz CT molecular complexity index is 908. The monoisotopic (exact) mass is 494 g/mol. The van der Waals surface area contributed by atoms with Crippen LogP contribution < -0.4 is 15.4 Å². The highest BCUT2D eigenvalue weighted by Gasteiger charge is 2.29. The molecule has 1 atom stereocenters. The molecule has 2 aliphatic rings. The van der Waals surface area contributed by atoms with Crippen molar-refractivity contribution in [2.75, 3.05) is 45.9 Å². The van der Waals surface area contributed by atoms with Crippen molar-refractivity contribution in [2.24, 2.45) is 11.8 Å². The van der Waals surface area contributed by atoms with Gasteiger partial charge in [0.05, 0.1) is 18.1 Å². The molecule has 34 heavy (non-hydrogen) atoms. The summed E-state index contributed by atoms with van der Waals surface area (Å²) in [6, 6.07) is 6.20. The number of amides is 2. The van der Waals surface area contributed by atoms with Gasteiger partial charge < -0.3 is 15.4 Å². The van der Waals surface area contributed by atoms with Gasteiger partial charge in [-0.1, -0.05) is 17.7 Å². The molecule has 3 N–H and O–H groups in total. The van der Waals surface area contributed by atoms with Gasteiger partial charge >= 0.3 is 0 Å². The molecule has 2 fully saturated rings. The fraction of sp³-hybridized carbons (Fsp3) is 0.667. The highest BCUT2D eigenvalue weighted by molar-refractivity contribution is 7.89. The van der Waals surface area contributed by atoms with E-state index in [1.54, 1.807) is 31.2 Å². The fourth-order valence-corrected chi connectivity index (χ4v) is 5.49. The molecule has 1 aliphatic heterocycles. The van der Waals surface area contributed by atoms with Gasteiger partial charge in [-0.3, -0.25) is 14.5 Å². The van der Waals surface area contributed by atoms with E-state index in [9.17, 15) is 18.0 Å². The Morgan fingerprint density at radius 3 is 2.38 bits per heavy atom. The number of rotatable bonds is 10. The maximum atomic E-state index is 12.6. The second-order valence-electron chi connectivity index (χ2n) is 9.36. The first-order chi connectivity index (χ1) is 16.2. The maximum Gasteiger partial charge on any atom is 0.242 e. The number of nitrogens with one attached hydrogen (secondary N) is 3. The predicted octanol–water partition coefficient (Wildman–Crippen LogP) is 1.03. The minimum Gasteiger partial charge on any atom is -0.379 e. The molecule has 1 aromatic carbocycles. The van der Waals surface area contributed by atoms with Crippen LogP contribution in [0.15, 0.2) is 29.2 Å². The minimum atomic E-state index is -3.53. The molecular formula is C24H38N4O5S. The van der Waals surface area contributed by atoms with Crippen LogP contribution in [0.3, 0.4) is 0 Å². The Hall–Kier alpha value is -2.01. The third-order valence-electron chi connectivity index (χ3n) is 6.69. The zero-order valence-corrected chi connectivity index (χ0v) is 21.0. The Kier molecular flexibility index (Phi) is 9.87. The van der Waals surface area contributed by atoms with Crippen molar-refractivity contribution < 1.29 is 22.7 Å². The van der Waals surface area contributed by atoms with Crippen LogP contribution in [0.25, 0.3) is 0 Å². The van der Waals surface area contributed by atoms with Gasteiger partial charge in [-0.25, -0.2) is 13.1 Å². The van der Waals surface area contributed by atoms with Crippen LogP contribution in [0.2, 0.25) is 0 Å². The second-order valence-corrected chi connectivity index (χ2v) is 11.1. The van der Waals surface area contributed by atoms with Crippen LogP contribution in [0.4, 0.5) is 0 Å². The number of morpholine rings is 1. The quantitative estimate of drug-likeness (QED) is 0.447. The summed E-state index contributed by atoms with van der Waals surface area (Å²) >= 11 is 0. The molecule has 1 saturated carbocycles. The van der Waals surface area contributed by atoms with Crippen molar-refractivity contribution in [2.45, 2.75) is 50.5 Å². The maximum absolute atomic E-state index is 12.6. The van der Waals surface area contributed by atoms with Crippen LogP contribution in [0.1, 0.15) is 38.2 Å². The molecule has 3 rings (SSSR count). The summed E-state index contributed by atoms with van der Waals surface area (Å²) in [5.41, 5.74) is 1.01. The summed E-state index contributed by atoms with van der Waals surface area (Å²) in [6.07, 6.45) is 2.92. The van der Waals surface area contributed by atoms with E-state index >= 15 is 0 Å². The summed E-state index contributed by atoms with van der Waals surface area (Å²) in [4.78, 5) is 27.5. The van der Waals surface area contributed by atoms with E-state index in [2.05, 4.69) is 20.3 Å². The van der Waals surface area contributed by atoms with Crippen LogP contribution in [-0.2, 0) is 24.3 Å². The smallest absolute Gasteiger partial charge is 0.242 e. The molecule has 10 heteroatoms. The van der Waals surface area contributed by atoms with Crippen LogP contribution in [-0.4, -0.2) is 77.1 Å². The molecule has 190 valence electrons. The zero-order valence-electron chi connectivity index (χ0n) is 20.2. The molecule has 1 saturated heterocycles. The van der Waals surface area contributed by atoms with Crippen molar-refractivity contribution in [1.82, 2.24) is 20.3 Å². The number of nitrogens with zero attached hydrogens (tertiary/aromatic N) is 1. The highest BCUT2D eigenvalue weighted by atomic mass is 32.2.